The maximum Gasteiger partial charge on any atom is 0.0746 e. The fraction of sp³-hybridized carbons (Fsp3) is 0.242. The molecule has 6 unspecified atom stereocenters. The van der Waals surface area contributed by atoms with Gasteiger partial charge < -0.3 is 19.3 Å². The quantitative estimate of drug-likeness (QED) is 0.141. The molecule has 3 heterocycles. The smallest absolute Gasteiger partial charge is 0.0746 e. The number of anilines is 4. The van der Waals surface area contributed by atoms with E-state index in [1.807, 2.05) is 0 Å². The lowest BCUT2D eigenvalue weighted by Gasteiger charge is -2.69. The minimum absolute atomic E-state index is 0.0163. The van der Waals surface area contributed by atoms with Gasteiger partial charge in [-0.15, -0.1) is 0 Å². The molecule has 6 bridgehead atoms. The van der Waals surface area contributed by atoms with Crippen LogP contribution in [0.2, 0.25) is 0 Å². The van der Waals surface area contributed by atoms with E-state index >= 15 is 0 Å². The molecule has 0 N–H and O–H groups in total. The Labute approximate surface area is 412 Å². The highest BCUT2D eigenvalue weighted by atomic mass is 15.4. The topological polar surface area (TPSA) is 14.7 Å². The van der Waals surface area contributed by atoms with Crippen molar-refractivity contribution in [1.29, 1.82) is 0 Å². The Morgan fingerprint density at radius 3 is 2.17 bits per heavy atom. The third-order valence-corrected chi connectivity index (χ3v) is 18.2. The van der Waals surface area contributed by atoms with E-state index in [0.29, 0.717) is 35.8 Å². The average Bonchev–Trinajstić information content (AvgIpc) is 3.89. The Bertz CT molecular complexity index is 3460. The van der Waals surface area contributed by atoms with Gasteiger partial charge in [-0.3, -0.25) is 0 Å². The third-order valence-electron chi connectivity index (χ3n) is 18.2. The van der Waals surface area contributed by atoms with Crippen LogP contribution in [0, 0.1) is 17.8 Å². The molecule has 7 aromatic rings. The summed E-state index contributed by atoms with van der Waals surface area (Å²) in [6.45, 7) is 0. The molecule has 4 heteroatoms. The minimum Gasteiger partial charge on any atom is -0.360 e. The number of fused-ring (bicyclic) bond motifs is 8. The zero-order chi connectivity index (χ0) is 46.0. The molecule has 8 aliphatic rings. The van der Waals surface area contributed by atoms with Crippen molar-refractivity contribution in [3.63, 3.8) is 0 Å². The van der Waals surface area contributed by atoms with Crippen LogP contribution >= 0.6 is 0 Å². The monoisotopic (exact) mass is 906 g/mol. The number of para-hydroxylation sites is 2. The van der Waals surface area contributed by atoms with Crippen LogP contribution in [0.25, 0.3) is 33.1 Å². The van der Waals surface area contributed by atoms with E-state index in [1.165, 1.54) is 92.6 Å². The second kappa shape index (κ2) is 15.6. The number of hydrogen-bond donors (Lipinski definition) is 0. The average molecular weight is 907 g/mol. The number of aromatic nitrogens is 1. The van der Waals surface area contributed by atoms with Crippen molar-refractivity contribution in [2.75, 3.05) is 9.80 Å². The number of rotatable bonds is 8. The minimum atomic E-state index is -0.0546. The maximum atomic E-state index is 3.09. The molecule has 1 saturated carbocycles. The van der Waals surface area contributed by atoms with Crippen LogP contribution in [0.5, 0.6) is 0 Å². The van der Waals surface area contributed by atoms with E-state index in [2.05, 4.69) is 238 Å². The molecular weight excluding hydrogens is 849 g/mol. The Balaban J connectivity index is 0.858. The molecular formula is C66H58N4. The number of allylic oxidation sites excluding steroid dienone is 8. The second-order valence-corrected chi connectivity index (χ2v) is 21.5. The molecule has 2 fully saturated rings. The van der Waals surface area contributed by atoms with Gasteiger partial charge in [0, 0.05) is 69.2 Å². The van der Waals surface area contributed by atoms with Crippen molar-refractivity contribution in [3.8, 4) is 0 Å². The molecule has 2 spiro atoms. The first-order valence-electron chi connectivity index (χ1n) is 26.2. The Hall–Kier alpha value is -7.30. The zero-order valence-electron chi connectivity index (χ0n) is 39.7. The van der Waals surface area contributed by atoms with Crippen LogP contribution < -0.4 is 9.80 Å². The highest BCUT2D eigenvalue weighted by Crippen LogP contribution is 2.69. The third kappa shape index (κ3) is 5.83. The van der Waals surface area contributed by atoms with Crippen LogP contribution in [0.3, 0.4) is 0 Å². The van der Waals surface area contributed by atoms with Crippen molar-refractivity contribution in [2.24, 2.45) is 17.8 Å². The van der Waals surface area contributed by atoms with E-state index in [9.17, 15) is 0 Å². The van der Waals surface area contributed by atoms with Crippen molar-refractivity contribution in [1.82, 2.24) is 9.47 Å². The SMILES string of the molecule is C1=C[C@@H]2C[C@@]3(C1)N(c1cccc(N(c4ccccc4)c4ccc5c6ccccc6n(C6=CCC(c7ccccc7)C=C6)c5c4)c1)C1CCC4=C(C1)N(C1C=CC(c5ccccc5)=CC1)C31CC2C=CC41. The van der Waals surface area contributed by atoms with Gasteiger partial charge in [0.15, 0.2) is 0 Å². The lowest BCUT2D eigenvalue weighted by Crippen LogP contribution is -2.77. The maximum absolute atomic E-state index is 3.09. The first-order valence-corrected chi connectivity index (χ1v) is 26.2. The van der Waals surface area contributed by atoms with Crippen LogP contribution in [-0.2, 0) is 0 Å². The summed E-state index contributed by atoms with van der Waals surface area (Å²) >= 11 is 0. The molecule has 4 nitrogen and oxygen atoms in total. The van der Waals surface area contributed by atoms with Crippen LogP contribution in [0.4, 0.5) is 22.7 Å². The van der Waals surface area contributed by atoms with E-state index in [1.54, 1.807) is 11.3 Å². The van der Waals surface area contributed by atoms with Gasteiger partial charge in [-0.05, 0) is 134 Å². The summed E-state index contributed by atoms with van der Waals surface area (Å²) in [6.07, 6.45) is 34.4. The fourth-order valence-electron chi connectivity index (χ4n) is 15.5. The molecule has 2 aliphatic heterocycles. The Morgan fingerprint density at radius 2 is 1.34 bits per heavy atom. The molecule has 8 atom stereocenters. The van der Waals surface area contributed by atoms with Crippen molar-refractivity contribution >= 4 is 55.8 Å². The van der Waals surface area contributed by atoms with Gasteiger partial charge in [0.1, 0.15) is 0 Å². The summed E-state index contributed by atoms with van der Waals surface area (Å²) in [5.41, 5.74) is 16.0. The molecule has 15 rings (SSSR count). The highest BCUT2D eigenvalue weighted by molar-refractivity contribution is 6.11. The van der Waals surface area contributed by atoms with Gasteiger partial charge in [-0.1, -0.05) is 164 Å². The molecule has 0 radical (unpaired) electrons. The predicted octanol–water partition coefficient (Wildman–Crippen LogP) is 15.9. The molecule has 1 saturated heterocycles. The van der Waals surface area contributed by atoms with E-state index in [4.69, 9.17) is 0 Å². The summed E-state index contributed by atoms with van der Waals surface area (Å²) in [6, 6.07) is 59.7. The summed E-state index contributed by atoms with van der Waals surface area (Å²) in [5, 5.41) is 2.56. The summed E-state index contributed by atoms with van der Waals surface area (Å²) in [7, 11) is 0. The van der Waals surface area contributed by atoms with Crippen LogP contribution in [0.15, 0.2) is 230 Å². The van der Waals surface area contributed by atoms with Gasteiger partial charge in [-0.25, -0.2) is 0 Å². The van der Waals surface area contributed by atoms with Gasteiger partial charge in [-0.2, -0.15) is 0 Å². The lowest BCUT2D eigenvalue weighted by atomic mass is 9.48. The second-order valence-electron chi connectivity index (χ2n) is 21.5. The van der Waals surface area contributed by atoms with Crippen molar-refractivity contribution in [2.45, 2.75) is 80.4 Å². The largest absolute Gasteiger partial charge is 0.360 e. The molecule has 1 aromatic heterocycles. The number of hydrogen-bond acceptors (Lipinski definition) is 3. The fourth-order valence-corrected chi connectivity index (χ4v) is 15.5. The summed E-state index contributed by atoms with van der Waals surface area (Å²) in [5.74, 6) is 1.95. The normalized spacial score (nSPS) is 28.9. The molecule has 6 aliphatic carbocycles. The van der Waals surface area contributed by atoms with E-state index < -0.39 is 0 Å². The predicted molar refractivity (Wildman–Crippen MR) is 290 cm³/mol. The van der Waals surface area contributed by atoms with Gasteiger partial charge in [0.05, 0.1) is 28.2 Å². The zero-order valence-corrected chi connectivity index (χ0v) is 39.7. The van der Waals surface area contributed by atoms with Gasteiger partial charge in [0.25, 0.3) is 0 Å². The van der Waals surface area contributed by atoms with Crippen LogP contribution in [0.1, 0.15) is 68.4 Å². The molecule has 70 heavy (non-hydrogen) atoms. The lowest BCUT2D eigenvalue weighted by molar-refractivity contribution is -0.0505. The van der Waals surface area contributed by atoms with E-state index in [0.717, 1.165) is 25.7 Å². The number of benzene rings is 6. The first-order chi connectivity index (χ1) is 34.6. The van der Waals surface area contributed by atoms with E-state index in [-0.39, 0.29) is 11.1 Å². The highest BCUT2D eigenvalue weighted by Gasteiger charge is 2.73. The molecule has 342 valence electrons. The first kappa shape index (κ1) is 40.6. The Kier molecular flexibility index (Phi) is 9.04. The summed E-state index contributed by atoms with van der Waals surface area (Å²) in [4.78, 5) is 8.68. The van der Waals surface area contributed by atoms with Gasteiger partial charge >= 0.3 is 0 Å². The molecule has 6 aromatic carbocycles. The number of nitrogens with zero attached hydrogens (tertiary/aromatic N) is 4. The Morgan fingerprint density at radius 1 is 0.571 bits per heavy atom. The van der Waals surface area contributed by atoms with Gasteiger partial charge in [0.2, 0.25) is 0 Å². The van der Waals surface area contributed by atoms with Crippen molar-refractivity contribution in [3.05, 3.63) is 241 Å². The van der Waals surface area contributed by atoms with Crippen LogP contribution in [-0.4, -0.2) is 32.6 Å². The summed E-state index contributed by atoms with van der Waals surface area (Å²) < 4.78 is 2.51. The molecule has 0 amide bonds. The van der Waals surface area contributed by atoms with Crippen molar-refractivity contribution < 1.29 is 0 Å². The standard InChI is InChI=1S/C66H58N4/c1-4-14-45(15-5-1)47-25-30-52(31-26-47)68-62-24-11-10-23-58(62)59-36-34-55(41-63(59)68)67(51-19-8-3-9-20-51)54-21-12-22-56(40-54)69-57-35-37-60-61-38-29-50-44-66(61,65(69)39-13-18-49(50)43-65)70(64(60)42-57)53-32-27-48(28-33-53)46-16-6-2-7-17-46/h1-25,27-32,34,36,38,40-41,47,49-50,53,57,61H,26,33,35,37,39,42-44H2/t47?,49-,50?,53?,57?,61?,65-,66?/m1/s1.